The van der Waals surface area contributed by atoms with Crippen molar-refractivity contribution in [2.75, 3.05) is 26.8 Å². The first kappa shape index (κ1) is 13.6. The maximum absolute atomic E-state index is 11.4. The SMILES string of the molecule is COCCNCC(=O)NCc1cc(Br)cs1. The third-order valence-corrected chi connectivity index (χ3v) is 3.55. The van der Waals surface area contributed by atoms with Gasteiger partial charge in [0.25, 0.3) is 0 Å². The summed E-state index contributed by atoms with van der Waals surface area (Å²) in [7, 11) is 1.64. The Kier molecular flexibility index (Phi) is 6.63. The first-order valence-corrected chi connectivity index (χ1v) is 6.59. The molecule has 16 heavy (non-hydrogen) atoms. The number of hydrogen-bond donors (Lipinski definition) is 2. The fourth-order valence-corrected chi connectivity index (χ4v) is 2.46. The number of carbonyl (C=O) groups excluding carboxylic acids is 1. The smallest absolute Gasteiger partial charge is 0.234 e. The Morgan fingerprint density at radius 1 is 1.62 bits per heavy atom. The first-order chi connectivity index (χ1) is 7.72. The lowest BCUT2D eigenvalue weighted by molar-refractivity contribution is -0.120. The van der Waals surface area contributed by atoms with Gasteiger partial charge in [-0.25, -0.2) is 0 Å². The quantitative estimate of drug-likeness (QED) is 0.748. The van der Waals surface area contributed by atoms with E-state index >= 15 is 0 Å². The predicted molar refractivity (Wildman–Crippen MR) is 68.6 cm³/mol. The summed E-state index contributed by atoms with van der Waals surface area (Å²) >= 11 is 4.99. The average Bonchev–Trinajstić information content (AvgIpc) is 2.68. The van der Waals surface area contributed by atoms with Crippen LogP contribution in [0.2, 0.25) is 0 Å². The number of halogens is 1. The molecule has 0 saturated carbocycles. The summed E-state index contributed by atoms with van der Waals surface area (Å²) < 4.78 is 5.91. The highest BCUT2D eigenvalue weighted by Gasteiger charge is 2.02. The predicted octanol–water partition coefficient (Wildman–Crippen LogP) is 1.36. The number of amides is 1. The average molecular weight is 307 g/mol. The third kappa shape index (κ3) is 5.60. The van der Waals surface area contributed by atoms with Crippen LogP contribution in [0.1, 0.15) is 4.88 Å². The lowest BCUT2D eigenvalue weighted by Gasteiger charge is -2.05. The van der Waals surface area contributed by atoms with E-state index in [1.54, 1.807) is 18.4 Å². The summed E-state index contributed by atoms with van der Waals surface area (Å²) in [4.78, 5) is 12.5. The molecule has 0 fully saturated rings. The number of carbonyl (C=O) groups is 1. The topological polar surface area (TPSA) is 50.4 Å². The molecule has 0 bridgehead atoms. The van der Waals surface area contributed by atoms with E-state index in [0.717, 1.165) is 9.35 Å². The van der Waals surface area contributed by atoms with Crippen LogP contribution < -0.4 is 10.6 Å². The van der Waals surface area contributed by atoms with Crippen molar-refractivity contribution in [3.8, 4) is 0 Å². The van der Waals surface area contributed by atoms with Gasteiger partial charge in [0, 0.05) is 28.4 Å². The van der Waals surface area contributed by atoms with Gasteiger partial charge in [0.1, 0.15) is 0 Å². The molecule has 0 spiro atoms. The number of thiophene rings is 1. The highest BCUT2D eigenvalue weighted by Crippen LogP contribution is 2.19. The van der Waals surface area contributed by atoms with E-state index in [1.165, 1.54) is 0 Å². The van der Waals surface area contributed by atoms with Crippen LogP contribution in [0.5, 0.6) is 0 Å². The normalized spacial score (nSPS) is 10.4. The second kappa shape index (κ2) is 7.78. The van der Waals surface area contributed by atoms with Gasteiger partial charge in [-0.1, -0.05) is 0 Å². The Bertz CT molecular complexity index is 330. The van der Waals surface area contributed by atoms with Gasteiger partial charge in [-0.3, -0.25) is 4.79 Å². The molecule has 2 N–H and O–H groups in total. The van der Waals surface area contributed by atoms with Crippen molar-refractivity contribution in [1.29, 1.82) is 0 Å². The van der Waals surface area contributed by atoms with Crippen LogP contribution in [0.4, 0.5) is 0 Å². The van der Waals surface area contributed by atoms with Crippen molar-refractivity contribution < 1.29 is 9.53 Å². The van der Waals surface area contributed by atoms with Crippen molar-refractivity contribution in [1.82, 2.24) is 10.6 Å². The molecule has 1 aromatic rings. The van der Waals surface area contributed by atoms with E-state index < -0.39 is 0 Å². The van der Waals surface area contributed by atoms with Crippen LogP contribution in [0.3, 0.4) is 0 Å². The first-order valence-electron chi connectivity index (χ1n) is 4.91. The molecular formula is C10H15BrN2O2S. The maximum Gasteiger partial charge on any atom is 0.234 e. The molecule has 0 saturated heterocycles. The molecule has 0 aliphatic heterocycles. The van der Waals surface area contributed by atoms with Crippen molar-refractivity contribution in [2.45, 2.75) is 6.54 Å². The van der Waals surface area contributed by atoms with Crippen LogP contribution in [-0.4, -0.2) is 32.7 Å². The Morgan fingerprint density at radius 2 is 2.44 bits per heavy atom. The van der Waals surface area contributed by atoms with Crippen LogP contribution in [0.25, 0.3) is 0 Å². The van der Waals surface area contributed by atoms with E-state index in [2.05, 4.69) is 26.6 Å². The fraction of sp³-hybridized carbons (Fsp3) is 0.500. The van der Waals surface area contributed by atoms with Gasteiger partial charge in [0.2, 0.25) is 5.91 Å². The molecule has 1 aromatic heterocycles. The van der Waals surface area contributed by atoms with Gasteiger partial charge >= 0.3 is 0 Å². The second-order valence-corrected chi connectivity index (χ2v) is 5.09. The molecule has 0 radical (unpaired) electrons. The minimum atomic E-state index is 0.000579. The van der Waals surface area contributed by atoms with Crippen LogP contribution in [0, 0.1) is 0 Å². The summed E-state index contributed by atoms with van der Waals surface area (Å²) in [5.74, 6) is 0.000579. The zero-order valence-electron chi connectivity index (χ0n) is 9.09. The molecule has 1 amide bonds. The van der Waals surface area contributed by atoms with Gasteiger partial charge in [-0.05, 0) is 22.0 Å². The molecule has 1 heterocycles. The Balaban J connectivity index is 2.10. The molecular weight excluding hydrogens is 292 g/mol. The summed E-state index contributed by atoms with van der Waals surface area (Å²) in [6.45, 7) is 2.22. The Morgan fingerprint density at radius 3 is 3.06 bits per heavy atom. The van der Waals surface area contributed by atoms with Crippen molar-refractivity contribution in [3.63, 3.8) is 0 Å². The van der Waals surface area contributed by atoms with Crippen LogP contribution in [0.15, 0.2) is 15.9 Å². The largest absolute Gasteiger partial charge is 0.383 e. The van der Waals surface area contributed by atoms with E-state index in [-0.39, 0.29) is 5.91 Å². The van der Waals surface area contributed by atoms with E-state index in [4.69, 9.17) is 4.74 Å². The summed E-state index contributed by atoms with van der Waals surface area (Å²) in [5, 5.41) is 7.82. The van der Waals surface area contributed by atoms with Crippen molar-refractivity contribution in [3.05, 3.63) is 20.8 Å². The molecule has 0 unspecified atom stereocenters. The standard InChI is InChI=1S/C10H15BrN2O2S/c1-15-3-2-12-6-10(14)13-5-9-4-8(11)7-16-9/h4,7,12H,2-3,5-6H2,1H3,(H,13,14). The number of hydrogen-bond acceptors (Lipinski definition) is 4. The number of nitrogens with one attached hydrogen (secondary N) is 2. The molecule has 4 nitrogen and oxygen atoms in total. The van der Waals surface area contributed by atoms with Gasteiger partial charge in [-0.2, -0.15) is 0 Å². The monoisotopic (exact) mass is 306 g/mol. The number of rotatable bonds is 7. The van der Waals surface area contributed by atoms with Crippen LogP contribution in [-0.2, 0) is 16.1 Å². The molecule has 6 heteroatoms. The maximum atomic E-state index is 11.4. The van der Waals surface area contributed by atoms with Gasteiger partial charge < -0.3 is 15.4 Å². The second-order valence-electron chi connectivity index (χ2n) is 3.18. The lowest BCUT2D eigenvalue weighted by atomic mass is 10.4. The number of methoxy groups -OCH3 is 1. The van der Waals surface area contributed by atoms with Gasteiger partial charge in [-0.15, -0.1) is 11.3 Å². The molecule has 1 rings (SSSR count). The third-order valence-electron chi connectivity index (χ3n) is 1.85. The molecule has 0 aromatic carbocycles. The van der Waals surface area contributed by atoms with E-state index in [0.29, 0.717) is 26.2 Å². The molecule has 0 aliphatic rings. The van der Waals surface area contributed by atoms with E-state index in [1.807, 2.05) is 11.4 Å². The molecule has 0 atom stereocenters. The minimum Gasteiger partial charge on any atom is -0.383 e. The fourth-order valence-electron chi connectivity index (χ4n) is 1.07. The minimum absolute atomic E-state index is 0.000579. The zero-order chi connectivity index (χ0) is 11.8. The van der Waals surface area contributed by atoms with Crippen LogP contribution >= 0.6 is 27.3 Å². The van der Waals surface area contributed by atoms with Crippen molar-refractivity contribution in [2.24, 2.45) is 0 Å². The van der Waals surface area contributed by atoms with E-state index in [9.17, 15) is 4.79 Å². The number of ether oxygens (including phenoxy) is 1. The molecule has 0 aliphatic carbocycles. The van der Waals surface area contributed by atoms with Gasteiger partial charge in [0.15, 0.2) is 0 Å². The van der Waals surface area contributed by atoms with Gasteiger partial charge in [0.05, 0.1) is 19.7 Å². The molecule has 90 valence electrons. The lowest BCUT2D eigenvalue weighted by Crippen LogP contribution is -2.34. The Labute approximate surface area is 108 Å². The summed E-state index contributed by atoms with van der Waals surface area (Å²) in [6.07, 6.45) is 0. The Hall–Kier alpha value is -0.430. The summed E-state index contributed by atoms with van der Waals surface area (Å²) in [6, 6.07) is 2.00. The summed E-state index contributed by atoms with van der Waals surface area (Å²) in [5.41, 5.74) is 0. The highest BCUT2D eigenvalue weighted by molar-refractivity contribution is 9.10. The zero-order valence-corrected chi connectivity index (χ0v) is 11.5. The highest BCUT2D eigenvalue weighted by atomic mass is 79.9. The van der Waals surface area contributed by atoms with Crippen molar-refractivity contribution >= 4 is 33.2 Å².